The summed E-state index contributed by atoms with van der Waals surface area (Å²) >= 11 is 6.62. The molecule has 0 spiro atoms. The van der Waals surface area contributed by atoms with E-state index in [0.717, 1.165) is 66.5 Å². The van der Waals surface area contributed by atoms with Gasteiger partial charge in [-0.1, -0.05) is 44.0 Å². The van der Waals surface area contributed by atoms with E-state index in [2.05, 4.69) is 18.0 Å². The van der Waals surface area contributed by atoms with E-state index in [1.54, 1.807) is 18.3 Å². The van der Waals surface area contributed by atoms with Gasteiger partial charge in [-0.3, -0.25) is 9.78 Å². The SMILES string of the molecule is CCc1cc(F)cc(-c2cnc3c(c2)CCC(CC(=O)C2CCCC2C)C=C3Cl)c1. The summed E-state index contributed by atoms with van der Waals surface area (Å²) in [7, 11) is 0. The number of benzene rings is 1. The van der Waals surface area contributed by atoms with Gasteiger partial charge in [0.25, 0.3) is 0 Å². The maximum Gasteiger partial charge on any atom is 0.136 e. The minimum atomic E-state index is -0.225. The number of carbonyl (C=O) groups excluding carboxylic acids is 1. The summed E-state index contributed by atoms with van der Waals surface area (Å²) in [5, 5.41) is 0.625. The highest BCUT2D eigenvalue weighted by Gasteiger charge is 2.31. The van der Waals surface area contributed by atoms with Crippen LogP contribution in [0.25, 0.3) is 16.2 Å². The molecule has 2 aromatic rings. The molecule has 1 saturated carbocycles. The highest BCUT2D eigenvalue weighted by atomic mass is 35.5. The third-order valence-corrected chi connectivity index (χ3v) is 7.10. The number of aromatic nitrogens is 1. The van der Waals surface area contributed by atoms with E-state index in [1.807, 2.05) is 19.1 Å². The van der Waals surface area contributed by atoms with Crippen LogP contribution in [0.2, 0.25) is 0 Å². The van der Waals surface area contributed by atoms with Gasteiger partial charge in [-0.05, 0) is 78.8 Å². The van der Waals surface area contributed by atoms with Gasteiger partial charge in [-0.2, -0.15) is 0 Å². The fourth-order valence-corrected chi connectivity index (χ4v) is 5.35. The van der Waals surface area contributed by atoms with E-state index in [4.69, 9.17) is 11.6 Å². The van der Waals surface area contributed by atoms with Crippen molar-refractivity contribution in [1.29, 1.82) is 0 Å². The molecular formula is C26H29ClFNO. The zero-order chi connectivity index (χ0) is 21.3. The van der Waals surface area contributed by atoms with E-state index >= 15 is 0 Å². The molecule has 30 heavy (non-hydrogen) atoms. The van der Waals surface area contributed by atoms with E-state index in [-0.39, 0.29) is 17.7 Å². The van der Waals surface area contributed by atoms with E-state index in [0.29, 0.717) is 23.2 Å². The molecule has 0 saturated heterocycles. The number of halogens is 2. The third-order valence-electron chi connectivity index (χ3n) is 6.80. The molecule has 1 aromatic carbocycles. The average Bonchev–Trinajstić information content (AvgIpc) is 3.10. The Kier molecular flexibility index (Phi) is 6.38. The molecule has 1 aromatic heterocycles. The largest absolute Gasteiger partial charge is 0.299 e. The number of pyridine rings is 1. The fourth-order valence-electron chi connectivity index (χ4n) is 5.00. The number of carbonyl (C=O) groups is 1. The maximum absolute atomic E-state index is 14.0. The molecule has 1 heterocycles. The van der Waals surface area contributed by atoms with Crippen molar-refractivity contribution in [3.05, 3.63) is 59.2 Å². The Morgan fingerprint density at radius 1 is 1.17 bits per heavy atom. The second-order valence-corrected chi connectivity index (χ2v) is 9.34. The molecule has 158 valence electrons. The molecule has 0 aliphatic heterocycles. The lowest BCUT2D eigenvalue weighted by molar-refractivity contribution is -0.124. The first-order valence-corrected chi connectivity index (χ1v) is 11.5. The molecule has 2 nitrogen and oxygen atoms in total. The van der Waals surface area contributed by atoms with Gasteiger partial charge in [0.1, 0.15) is 11.6 Å². The van der Waals surface area contributed by atoms with Gasteiger partial charge in [0.15, 0.2) is 0 Å². The summed E-state index contributed by atoms with van der Waals surface area (Å²) in [6.07, 6.45) is 10.2. The van der Waals surface area contributed by atoms with Crippen molar-refractivity contribution in [1.82, 2.24) is 4.98 Å². The van der Waals surface area contributed by atoms with Gasteiger partial charge in [0.2, 0.25) is 0 Å². The van der Waals surface area contributed by atoms with Gasteiger partial charge in [-0.25, -0.2) is 4.39 Å². The number of hydrogen-bond acceptors (Lipinski definition) is 2. The first kappa shape index (κ1) is 21.2. The number of nitrogens with zero attached hydrogens (tertiary/aromatic N) is 1. The molecule has 4 heteroatoms. The second-order valence-electron chi connectivity index (χ2n) is 8.93. The van der Waals surface area contributed by atoms with Gasteiger partial charge in [0, 0.05) is 24.1 Å². The van der Waals surface area contributed by atoms with Gasteiger partial charge in [-0.15, -0.1) is 0 Å². The lowest BCUT2D eigenvalue weighted by atomic mass is 9.86. The number of rotatable bonds is 5. The van der Waals surface area contributed by atoms with Crippen LogP contribution in [0.3, 0.4) is 0 Å². The van der Waals surface area contributed by atoms with Crippen LogP contribution in [0.5, 0.6) is 0 Å². The van der Waals surface area contributed by atoms with Crippen LogP contribution in [-0.4, -0.2) is 10.8 Å². The quantitative estimate of drug-likeness (QED) is 0.516. The lowest BCUT2D eigenvalue weighted by Gasteiger charge is -2.17. The summed E-state index contributed by atoms with van der Waals surface area (Å²) in [4.78, 5) is 17.4. The number of ketones is 1. The van der Waals surface area contributed by atoms with Crippen molar-refractivity contribution < 1.29 is 9.18 Å². The molecule has 2 aliphatic rings. The Labute approximate surface area is 183 Å². The van der Waals surface area contributed by atoms with Crippen molar-refractivity contribution in [2.75, 3.05) is 0 Å². The predicted octanol–water partition coefficient (Wildman–Crippen LogP) is 6.99. The minimum absolute atomic E-state index is 0.149. The monoisotopic (exact) mass is 425 g/mol. The standard InChI is InChI=1S/C26H29ClFNO/c1-3-17-9-20(14-22(28)10-17)21-13-19-8-7-18(11-24(27)26(19)29-15-21)12-25(30)23-6-4-5-16(23)2/h9-11,13-16,18,23H,3-8,12H2,1-2H3. The topological polar surface area (TPSA) is 30.0 Å². The summed E-state index contributed by atoms with van der Waals surface area (Å²) in [6, 6.07) is 7.23. The van der Waals surface area contributed by atoms with E-state index in [9.17, 15) is 9.18 Å². The molecule has 0 N–H and O–H groups in total. The second kappa shape index (κ2) is 9.01. The van der Waals surface area contributed by atoms with Crippen molar-refractivity contribution >= 4 is 22.4 Å². The molecular weight excluding hydrogens is 397 g/mol. The first-order chi connectivity index (χ1) is 14.4. The van der Waals surface area contributed by atoms with Crippen LogP contribution >= 0.6 is 11.6 Å². The summed E-state index contributed by atoms with van der Waals surface area (Å²) in [5.41, 5.74) is 4.57. The Morgan fingerprint density at radius 3 is 2.73 bits per heavy atom. The molecule has 3 atom stereocenters. The Bertz CT molecular complexity index is 983. The minimum Gasteiger partial charge on any atom is -0.299 e. The van der Waals surface area contributed by atoms with Crippen LogP contribution < -0.4 is 0 Å². The number of hydrogen-bond donors (Lipinski definition) is 0. The molecule has 1 fully saturated rings. The van der Waals surface area contributed by atoms with Gasteiger partial charge >= 0.3 is 0 Å². The number of allylic oxidation sites excluding steroid dienone is 1. The zero-order valence-electron chi connectivity index (χ0n) is 17.8. The highest BCUT2D eigenvalue weighted by Crippen LogP contribution is 2.37. The smallest absolute Gasteiger partial charge is 0.136 e. The van der Waals surface area contributed by atoms with E-state index in [1.165, 1.54) is 0 Å². The molecule has 0 bridgehead atoms. The molecule has 3 unspecified atom stereocenters. The van der Waals surface area contributed by atoms with Crippen molar-refractivity contribution in [2.45, 2.75) is 58.8 Å². The van der Waals surface area contributed by atoms with Crippen LogP contribution in [-0.2, 0) is 17.6 Å². The fraction of sp³-hybridized carbons (Fsp3) is 0.462. The maximum atomic E-state index is 14.0. The van der Waals surface area contributed by atoms with Crippen LogP contribution in [0.4, 0.5) is 4.39 Å². The summed E-state index contributed by atoms with van der Waals surface area (Å²) in [5.74, 6) is 1.03. The van der Waals surface area contributed by atoms with Crippen molar-refractivity contribution in [3.8, 4) is 11.1 Å². The van der Waals surface area contributed by atoms with Crippen molar-refractivity contribution in [2.24, 2.45) is 17.8 Å². The number of aryl methyl sites for hydroxylation is 2. The summed E-state index contributed by atoms with van der Waals surface area (Å²) < 4.78 is 14.0. The molecule has 0 radical (unpaired) electrons. The van der Waals surface area contributed by atoms with Gasteiger partial charge in [0.05, 0.1) is 10.7 Å². The number of Topliss-reactive ketones (excluding diaryl/α,β-unsaturated/α-hetero) is 1. The normalized spacial score (nSPS) is 23.6. The third kappa shape index (κ3) is 4.51. The molecule has 0 amide bonds. The first-order valence-electron chi connectivity index (χ1n) is 11.1. The Balaban J connectivity index is 1.54. The Morgan fingerprint density at radius 2 is 2.00 bits per heavy atom. The van der Waals surface area contributed by atoms with E-state index < -0.39 is 0 Å². The van der Waals surface area contributed by atoms with Crippen molar-refractivity contribution in [3.63, 3.8) is 0 Å². The Hall–Kier alpha value is -2.00. The lowest BCUT2D eigenvalue weighted by Crippen LogP contribution is -2.19. The number of fused-ring (bicyclic) bond motifs is 1. The van der Waals surface area contributed by atoms with Crippen LogP contribution in [0, 0.1) is 23.6 Å². The predicted molar refractivity (Wildman–Crippen MR) is 121 cm³/mol. The zero-order valence-corrected chi connectivity index (χ0v) is 18.5. The van der Waals surface area contributed by atoms with Crippen LogP contribution in [0.1, 0.15) is 62.8 Å². The molecule has 4 rings (SSSR count). The highest BCUT2D eigenvalue weighted by molar-refractivity contribution is 6.48. The summed E-state index contributed by atoms with van der Waals surface area (Å²) in [6.45, 7) is 4.22. The van der Waals surface area contributed by atoms with Gasteiger partial charge < -0.3 is 0 Å². The average molecular weight is 426 g/mol. The van der Waals surface area contributed by atoms with Crippen LogP contribution in [0.15, 0.2) is 36.5 Å². The molecule has 2 aliphatic carbocycles.